The molecular weight excluding hydrogens is 300 g/mol. The Morgan fingerprint density at radius 1 is 0.680 bits per heavy atom. The highest BCUT2D eigenvalue weighted by molar-refractivity contribution is 5.22. The third-order valence-corrected chi connectivity index (χ3v) is 5.22. The van der Waals surface area contributed by atoms with Gasteiger partial charge in [0.1, 0.15) is 0 Å². The number of hydrogen-bond donors (Lipinski definition) is 0. The molecule has 1 unspecified atom stereocenters. The molecule has 0 aromatic heterocycles. The molecule has 0 fully saturated rings. The lowest BCUT2D eigenvalue weighted by molar-refractivity contribution is 0.540. The number of allylic oxidation sites excluding steroid dienone is 2. The SMILES string of the molecule is CCCCCCCCCCCCCCC/C=C/C(C)c1ccccc1. The summed E-state index contributed by atoms with van der Waals surface area (Å²) in [4.78, 5) is 0. The maximum absolute atomic E-state index is 2.39. The van der Waals surface area contributed by atoms with E-state index in [1.165, 1.54) is 95.5 Å². The van der Waals surface area contributed by atoms with E-state index < -0.39 is 0 Å². The topological polar surface area (TPSA) is 0 Å². The van der Waals surface area contributed by atoms with Crippen molar-refractivity contribution in [2.24, 2.45) is 0 Å². The lowest BCUT2D eigenvalue weighted by Crippen LogP contribution is -1.87. The fourth-order valence-electron chi connectivity index (χ4n) is 3.45. The summed E-state index contributed by atoms with van der Waals surface area (Å²) in [5.74, 6) is 0.545. The summed E-state index contributed by atoms with van der Waals surface area (Å²) in [6, 6.07) is 10.8. The van der Waals surface area contributed by atoms with E-state index in [0.29, 0.717) is 5.92 Å². The van der Waals surface area contributed by atoms with Crippen LogP contribution in [0.2, 0.25) is 0 Å². The smallest absolute Gasteiger partial charge is 0.00104 e. The first-order valence-corrected chi connectivity index (χ1v) is 11.1. The van der Waals surface area contributed by atoms with Gasteiger partial charge in [0.05, 0.1) is 0 Å². The highest BCUT2D eigenvalue weighted by Crippen LogP contribution is 2.17. The second-order valence-corrected chi connectivity index (χ2v) is 7.66. The highest BCUT2D eigenvalue weighted by atomic mass is 14.0. The molecule has 0 amide bonds. The molecule has 0 heterocycles. The molecule has 0 saturated carbocycles. The van der Waals surface area contributed by atoms with E-state index in [-0.39, 0.29) is 0 Å². The molecule has 0 aliphatic heterocycles. The summed E-state index contributed by atoms with van der Waals surface area (Å²) in [6.07, 6.45) is 24.7. The first kappa shape index (κ1) is 22.0. The van der Waals surface area contributed by atoms with Crippen molar-refractivity contribution in [2.45, 2.75) is 110 Å². The van der Waals surface area contributed by atoms with Crippen molar-refractivity contribution in [3.05, 3.63) is 48.0 Å². The molecule has 1 aromatic carbocycles. The molecule has 142 valence electrons. The number of benzene rings is 1. The Morgan fingerprint density at radius 3 is 1.68 bits per heavy atom. The van der Waals surface area contributed by atoms with Crippen LogP contribution in [0.25, 0.3) is 0 Å². The van der Waals surface area contributed by atoms with Gasteiger partial charge in [-0.3, -0.25) is 0 Å². The van der Waals surface area contributed by atoms with Gasteiger partial charge in [-0.05, 0) is 24.3 Å². The third-order valence-electron chi connectivity index (χ3n) is 5.22. The molecule has 0 saturated heterocycles. The maximum Gasteiger partial charge on any atom is -0.00104 e. The zero-order valence-electron chi connectivity index (χ0n) is 17.0. The zero-order valence-corrected chi connectivity index (χ0v) is 17.0. The van der Waals surface area contributed by atoms with Crippen LogP contribution in [0.15, 0.2) is 42.5 Å². The second kappa shape index (κ2) is 16.4. The molecule has 0 N–H and O–H groups in total. The van der Waals surface area contributed by atoms with Gasteiger partial charge in [-0.15, -0.1) is 0 Å². The lowest BCUT2D eigenvalue weighted by Gasteiger charge is -2.06. The quantitative estimate of drug-likeness (QED) is 0.208. The molecule has 0 radical (unpaired) electrons. The first-order valence-electron chi connectivity index (χ1n) is 11.1. The number of rotatable bonds is 16. The highest BCUT2D eigenvalue weighted by Gasteiger charge is 1.98. The summed E-state index contributed by atoms with van der Waals surface area (Å²) in [5, 5.41) is 0. The van der Waals surface area contributed by atoms with Crippen molar-refractivity contribution in [3.8, 4) is 0 Å². The maximum atomic E-state index is 2.39. The summed E-state index contributed by atoms with van der Waals surface area (Å²) in [7, 11) is 0. The summed E-state index contributed by atoms with van der Waals surface area (Å²) < 4.78 is 0. The van der Waals surface area contributed by atoms with E-state index in [0.717, 1.165) is 0 Å². The molecule has 1 aromatic rings. The van der Waals surface area contributed by atoms with Crippen LogP contribution in [0.4, 0.5) is 0 Å². The van der Waals surface area contributed by atoms with Crippen molar-refractivity contribution in [2.75, 3.05) is 0 Å². The van der Waals surface area contributed by atoms with Crippen LogP contribution in [0.5, 0.6) is 0 Å². The first-order chi connectivity index (χ1) is 12.3. The monoisotopic (exact) mass is 342 g/mol. The van der Waals surface area contributed by atoms with Crippen LogP contribution < -0.4 is 0 Å². The van der Waals surface area contributed by atoms with E-state index in [9.17, 15) is 0 Å². The Kier molecular flexibility index (Phi) is 14.5. The predicted molar refractivity (Wildman–Crippen MR) is 114 cm³/mol. The Hall–Kier alpha value is -1.04. The molecule has 0 bridgehead atoms. The largest absolute Gasteiger partial charge is 0.0879 e. The van der Waals surface area contributed by atoms with Gasteiger partial charge in [-0.2, -0.15) is 0 Å². The van der Waals surface area contributed by atoms with Gasteiger partial charge in [0.2, 0.25) is 0 Å². The van der Waals surface area contributed by atoms with Crippen LogP contribution in [0, 0.1) is 0 Å². The molecule has 0 aliphatic carbocycles. The van der Waals surface area contributed by atoms with Gasteiger partial charge in [-0.25, -0.2) is 0 Å². The molecule has 0 heteroatoms. The Morgan fingerprint density at radius 2 is 1.16 bits per heavy atom. The zero-order chi connectivity index (χ0) is 18.0. The number of hydrogen-bond acceptors (Lipinski definition) is 0. The van der Waals surface area contributed by atoms with Crippen LogP contribution >= 0.6 is 0 Å². The predicted octanol–water partition coefficient (Wildman–Crippen LogP) is 8.83. The van der Waals surface area contributed by atoms with Crippen LogP contribution in [0.1, 0.15) is 115 Å². The average molecular weight is 343 g/mol. The van der Waals surface area contributed by atoms with Gasteiger partial charge >= 0.3 is 0 Å². The second-order valence-electron chi connectivity index (χ2n) is 7.66. The third kappa shape index (κ3) is 12.9. The minimum absolute atomic E-state index is 0.545. The molecule has 1 rings (SSSR count). The van der Waals surface area contributed by atoms with Crippen LogP contribution in [0.3, 0.4) is 0 Å². The molecule has 0 nitrogen and oxygen atoms in total. The van der Waals surface area contributed by atoms with Crippen molar-refractivity contribution < 1.29 is 0 Å². The minimum Gasteiger partial charge on any atom is -0.0879 e. The van der Waals surface area contributed by atoms with Crippen molar-refractivity contribution in [1.29, 1.82) is 0 Å². The minimum atomic E-state index is 0.545. The fourth-order valence-corrected chi connectivity index (χ4v) is 3.45. The summed E-state index contributed by atoms with van der Waals surface area (Å²) in [6.45, 7) is 4.58. The summed E-state index contributed by atoms with van der Waals surface area (Å²) in [5.41, 5.74) is 1.42. The average Bonchev–Trinajstić information content (AvgIpc) is 2.65. The van der Waals surface area contributed by atoms with Crippen LogP contribution in [-0.4, -0.2) is 0 Å². The molecule has 1 atom stereocenters. The van der Waals surface area contributed by atoms with E-state index in [1.54, 1.807) is 0 Å². The molecule has 0 aliphatic rings. The van der Waals surface area contributed by atoms with Gasteiger partial charge in [0.15, 0.2) is 0 Å². The normalized spacial score (nSPS) is 12.7. The van der Waals surface area contributed by atoms with Crippen molar-refractivity contribution in [1.82, 2.24) is 0 Å². The van der Waals surface area contributed by atoms with E-state index in [1.807, 2.05) is 0 Å². The van der Waals surface area contributed by atoms with Crippen molar-refractivity contribution >= 4 is 0 Å². The molecule has 0 spiro atoms. The fraction of sp³-hybridized carbons (Fsp3) is 0.680. The van der Waals surface area contributed by atoms with E-state index in [2.05, 4.69) is 56.3 Å². The Bertz CT molecular complexity index is 403. The molecular formula is C25H42. The standard InChI is InChI=1S/C25H42/c1-3-4-5-6-7-8-9-10-11-12-13-14-15-16-18-21-24(2)25-22-19-17-20-23-25/h17-24H,3-16H2,1-2H3/b21-18+. The van der Waals surface area contributed by atoms with E-state index in [4.69, 9.17) is 0 Å². The van der Waals surface area contributed by atoms with Gasteiger partial charge in [-0.1, -0.05) is 133 Å². The van der Waals surface area contributed by atoms with Crippen LogP contribution in [-0.2, 0) is 0 Å². The van der Waals surface area contributed by atoms with Crippen molar-refractivity contribution in [3.63, 3.8) is 0 Å². The summed E-state index contributed by atoms with van der Waals surface area (Å²) >= 11 is 0. The number of unbranched alkanes of at least 4 members (excludes halogenated alkanes) is 13. The van der Waals surface area contributed by atoms with Gasteiger partial charge < -0.3 is 0 Å². The Balaban J connectivity index is 1.83. The lowest BCUT2D eigenvalue weighted by atomic mass is 10.00. The van der Waals surface area contributed by atoms with Gasteiger partial charge in [0, 0.05) is 0 Å². The molecule has 25 heavy (non-hydrogen) atoms. The Labute approximate surface area is 158 Å². The van der Waals surface area contributed by atoms with Gasteiger partial charge in [0.25, 0.3) is 0 Å². The van der Waals surface area contributed by atoms with E-state index >= 15 is 0 Å².